The molecule has 0 spiro atoms. The average molecular weight is 344 g/mol. The summed E-state index contributed by atoms with van der Waals surface area (Å²) < 4.78 is 26.8. The van der Waals surface area contributed by atoms with E-state index in [2.05, 4.69) is 0 Å². The summed E-state index contributed by atoms with van der Waals surface area (Å²) in [5.41, 5.74) is 1.58. The largest absolute Gasteiger partial charge is 0.269 e. The Hall–Kier alpha value is -1.23. The van der Waals surface area contributed by atoms with Crippen molar-refractivity contribution in [3.63, 3.8) is 0 Å². The van der Waals surface area contributed by atoms with Gasteiger partial charge in [0.15, 0.2) is 0 Å². The maximum absolute atomic E-state index is 12.8. The van der Waals surface area contributed by atoms with Crippen molar-refractivity contribution >= 4 is 38.9 Å². The zero-order valence-corrected chi connectivity index (χ0v) is 14.0. The van der Waals surface area contributed by atoms with Gasteiger partial charge in [0.1, 0.15) is 4.90 Å². The molecule has 0 saturated carbocycles. The van der Waals surface area contributed by atoms with Crippen molar-refractivity contribution in [3.8, 4) is 0 Å². The number of rotatable bonds is 4. The van der Waals surface area contributed by atoms with Crippen molar-refractivity contribution in [2.75, 3.05) is 11.4 Å². The van der Waals surface area contributed by atoms with E-state index in [1.165, 1.54) is 23.5 Å². The number of hydrogen-bond acceptors (Lipinski definition) is 2. The van der Waals surface area contributed by atoms with Gasteiger partial charge in [0.05, 0.1) is 10.7 Å². The van der Waals surface area contributed by atoms with Crippen molar-refractivity contribution in [1.82, 2.24) is 0 Å². The molecule has 0 saturated heterocycles. The van der Waals surface area contributed by atoms with Crippen LogP contribution in [0.25, 0.3) is 0 Å². The summed E-state index contributed by atoms with van der Waals surface area (Å²) >= 11 is 11.9. The molecule has 0 N–H and O–H groups in total. The fraction of sp³-hybridized carbons (Fsp3) is 0.200. The number of nitrogens with zero attached hydrogens (tertiary/aromatic N) is 1. The van der Waals surface area contributed by atoms with Crippen LogP contribution in [0.15, 0.2) is 47.4 Å². The molecule has 0 radical (unpaired) electrons. The highest BCUT2D eigenvalue weighted by Gasteiger charge is 2.25. The van der Waals surface area contributed by atoms with Gasteiger partial charge in [-0.25, -0.2) is 8.42 Å². The van der Waals surface area contributed by atoms with Crippen molar-refractivity contribution in [3.05, 3.63) is 58.1 Å². The van der Waals surface area contributed by atoms with Crippen LogP contribution < -0.4 is 4.31 Å². The Labute approximate surface area is 135 Å². The first-order valence-corrected chi connectivity index (χ1v) is 8.59. The second-order valence-electron chi connectivity index (χ2n) is 4.53. The zero-order chi connectivity index (χ0) is 15.6. The first-order chi connectivity index (χ1) is 9.87. The summed E-state index contributed by atoms with van der Waals surface area (Å²) in [7, 11) is -2.25. The highest BCUT2D eigenvalue weighted by Crippen LogP contribution is 2.31. The summed E-state index contributed by atoms with van der Waals surface area (Å²) in [4.78, 5) is 0.00470. The van der Waals surface area contributed by atoms with Crippen molar-refractivity contribution in [2.45, 2.75) is 18.2 Å². The smallest absolute Gasteiger partial charge is 0.265 e. The SMILES string of the molecule is CCc1ccccc1N(C)S(=O)(=O)c1cc(Cl)ccc1Cl. The van der Waals surface area contributed by atoms with Gasteiger partial charge >= 0.3 is 0 Å². The number of para-hydroxylation sites is 1. The molecule has 6 heteroatoms. The van der Waals surface area contributed by atoms with E-state index in [-0.39, 0.29) is 9.92 Å². The van der Waals surface area contributed by atoms with Crippen molar-refractivity contribution in [2.24, 2.45) is 0 Å². The van der Waals surface area contributed by atoms with E-state index in [1.807, 2.05) is 19.1 Å². The van der Waals surface area contributed by atoms with E-state index < -0.39 is 10.0 Å². The third-order valence-corrected chi connectivity index (χ3v) is 5.73. The van der Waals surface area contributed by atoms with Crippen molar-refractivity contribution < 1.29 is 8.42 Å². The second-order valence-corrected chi connectivity index (χ2v) is 7.31. The molecule has 112 valence electrons. The quantitative estimate of drug-likeness (QED) is 0.825. The first kappa shape index (κ1) is 16.1. The Morgan fingerprint density at radius 1 is 1.10 bits per heavy atom. The Balaban J connectivity index is 2.55. The Bertz CT molecular complexity index is 760. The van der Waals surface area contributed by atoms with Crippen molar-refractivity contribution in [1.29, 1.82) is 0 Å². The molecule has 3 nitrogen and oxygen atoms in total. The van der Waals surface area contributed by atoms with Crippen LogP contribution in [0.3, 0.4) is 0 Å². The first-order valence-electron chi connectivity index (χ1n) is 6.39. The molecule has 0 aliphatic heterocycles. The van der Waals surface area contributed by atoms with Crippen LogP contribution in [0.5, 0.6) is 0 Å². The molecule has 2 aromatic carbocycles. The fourth-order valence-corrected chi connectivity index (χ4v) is 4.04. The highest BCUT2D eigenvalue weighted by molar-refractivity contribution is 7.93. The van der Waals surface area contributed by atoms with Crippen LogP contribution in [-0.2, 0) is 16.4 Å². The van der Waals surface area contributed by atoms with Gasteiger partial charge in [0.2, 0.25) is 0 Å². The Morgan fingerprint density at radius 3 is 2.43 bits per heavy atom. The van der Waals surface area contributed by atoms with Gasteiger partial charge in [-0.3, -0.25) is 4.31 Å². The molecule has 0 amide bonds. The molecule has 21 heavy (non-hydrogen) atoms. The van der Waals surface area contributed by atoms with Crippen LogP contribution in [0.4, 0.5) is 5.69 Å². The maximum Gasteiger partial charge on any atom is 0.265 e. The molecule has 0 unspecified atom stereocenters. The number of benzene rings is 2. The van der Waals surface area contributed by atoms with Crippen LogP contribution in [0.2, 0.25) is 10.0 Å². The van der Waals surface area contributed by atoms with Crippen LogP contribution in [-0.4, -0.2) is 15.5 Å². The third-order valence-electron chi connectivity index (χ3n) is 3.24. The zero-order valence-electron chi connectivity index (χ0n) is 11.7. The van der Waals surface area contributed by atoms with Gasteiger partial charge in [-0.15, -0.1) is 0 Å². The summed E-state index contributed by atoms with van der Waals surface area (Å²) in [6.45, 7) is 1.98. The summed E-state index contributed by atoms with van der Waals surface area (Å²) in [5.74, 6) is 0. The van der Waals surface area contributed by atoms with Crippen LogP contribution in [0, 0.1) is 0 Å². The average Bonchev–Trinajstić information content (AvgIpc) is 2.48. The lowest BCUT2D eigenvalue weighted by molar-refractivity contribution is 0.594. The van der Waals surface area contributed by atoms with Gasteiger partial charge < -0.3 is 0 Å². The maximum atomic E-state index is 12.8. The molecular formula is C15H15Cl2NO2S. The molecular weight excluding hydrogens is 329 g/mol. The summed E-state index contributed by atoms with van der Waals surface area (Å²) in [6.07, 6.45) is 0.735. The topological polar surface area (TPSA) is 37.4 Å². The normalized spacial score (nSPS) is 11.4. The summed E-state index contributed by atoms with van der Waals surface area (Å²) in [5, 5.41) is 0.482. The van der Waals surface area contributed by atoms with Gasteiger partial charge in [0, 0.05) is 12.1 Å². The number of hydrogen-bond donors (Lipinski definition) is 0. The molecule has 0 bridgehead atoms. The van der Waals surface area contributed by atoms with E-state index in [1.54, 1.807) is 18.2 Å². The minimum Gasteiger partial charge on any atom is -0.269 e. The Kier molecular flexibility index (Phi) is 4.81. The predicted octanol–water partition coefficient (Wildman–Crippen LogP) is 4.38. The van der Waals surface area contributed by atoms with Crippen LogP contribution >= 0.6 is 23.2 Å². The number of anilines is 1. The molecule has 0 heterocycles. The van der Waals surface area contributed by atoms with Gasteiger partial charge in [-0.05, 0) is 36.2 Å². The predicted molar refractivity (Wildman–Crippen MR) is 87.9 cm³/mol. The lowest BCUT2D eigenvalue weighted by atomic mass is 10.1. The highest BCUT2D eigenvalue weighted by atomic mass is 35.5. The number of halogens is 2. The van der Waals surface area contributed by atoms with Gasteiger partial charge in [-0.1, -0.05) is 48.3 Å². The van der Waals surface area contributed by atoms with Gasteiger partial charge in [-0.2, -0.15) is 0 Å². The molecule has 0 atom stereocenters. The monoisotopic (exact) mass is 343 g/mol. The van der Waals surface area contributed by atoms with E-state index >= 15 is 0 Å². The Morgan fingerprint density at radius 2 is 1.76 bits per heavy atom. The van der Waals surface area contributed by atoms with E-state index in [9.17, 15) is 8.42 Å². The van der Waals surface area contributed by atoms with E-state index in [0.29, 0.717) is 10.7 Å². The molecule has 2 aromatic rings. The van der Waals surface area contributed by atoms with Crippen LogP contribution in [0.1, 0.15) is 12.5 Å². The second kappa shape index (κ2) is 6.26. The van der Waals surface area contributed by atoms with E-state index in [4.69, 9.17) is 23.2 Å². The number of sulfonamides is 1. The standard InChI is InChI=1S/C15H15Cl2NO2S/c1-3-11-6-4-5-7-14(11)18(2)21(19,20)15-10-12(16)8-9-13(15)17/h4-10H,3H2,1-2H3. The molecule has 0 aliphatic carbocycles. The molecule has 0 aromatic heterocycles. The number of aryl methyl sites for hydroxylation is 1. The lowest BCUT2D eigenvalue weighted by Crippen LogP contribution is -2.27. The minimum atomic E-state index is -3.76. The minimum absolute atomic E-state index is 0.00470. The molecule has 2 rings (SSSR count). The third kappa shape index (κ3) is 3.18. The van der Waals surface area contributed by atoms with E-state index in [0.717, 1.165) is 12.0 Å². The molecule has 0 aliphatic rings. The summed E-state index contributed by atoms with van der Waals surface area (Å²) in [6, 6.07) is 11.8. The molecule has 0 fully saturated rings. The van der Waals surface area contributed by atoms with Gasteiger partial charge in [0.25, 0.3) is 10.0 Å². The fourth-order valence-electron chi connectivity index (χ4n) is 2.07. The lowest BCUT2D eigenvalue weighted by Gasteiger charge is -2.22.